The lowest BCUT2D eigenvalue weighted by Crippen LogP contribution is -2.29. The number of nitrogens with two attached hydrogens (primary N) is 3. The maximum atomic E-state index is 10.7. The minimum Gasteiger partial charge on any atom is -0.480 e. The minimum absolute atomic E-state index is 0.108. The third-order valence-corrected chi connectivity index (χ3v) is 4.37. The Bertz CT molecular complexity index is 617. The van der Waals surface area contributed by atoms with Crippen molar-refractivity contribution in [1.82, 2.24) is 10.2 Å². The molecule has 0 bridgehead atoms. The average Bonchev–Trinajstić information content (AvgIpc) is 2.87. The summed E-state index contributed by atoms with van der Waals surface area (Å²) in [5, 5.41) is 22.2. The van der Waals surface area contributed by atoms with Gasteiger partial charge in [-0.15, -0.1) is 10.2 Å². The van der Waals surface area contributed by atoms with Gasteiger partial charge in [-0.1, -0.05) is 17.8 Å². The number of aliphatic carboxylic acids is 1. The molecule has 0 spiro atoms. The van der Waals surface area contributed by atoms with E-state index in [4.69, 9.17) is 21.7 Å². The number of nitrogens with one attached hydrogen (secondary N) is 1. The summed E-state index contributed by atoms with van der Waals surface area (Å²) in [4.78, 5) is 20.7. The maximum absolute atomic E-state index is 10.7. The third kappa shape index (κ3) is 9.85. The van der Waals surface area contributed by atoms with Crippen LogP contribution in [-0.2, 0) is 19.6 Å². The number of unbranched alkanes of at least 4 members (excludes halogenated alkanes) is 1. The number of rotatable bonds is 7. The van der Waals surface area contributed by atoms with Gasteiger partial charge in [-0.25, -0.2) is 13.6 Å². The van der Waals surface area contributed by atoms with Gasteiger partial charge < -0.3 is 21.9 Å². The molecule has 0 aliphatic rings. The summed E-state index contributed by atoms with van der Waals surface area (Å²) in [6.07, 6.45) is 2.16. The Morgan fingerprint density at radius 3 is 2.35 bits per heavy atom. The number of hydrogen-bond acceptors (Lipinski definition) is 9. The van der Waals surface area contributed by atoms with Crippen LogP contribution in [0.5, 0.6) is 0 Å². The first-order valence-corrected chi connectivity index (χ1v) is 8.76. The van der Waals surface area contributed by atoms with E-state index in [-0.39, 0.29) is 15.4 Å². The van der Waals surface area contributed by atoms with Crippen LogP contribution in [-0.4, -0.2) is 48.2 Å². The van der Waals surface area contributed by atoms with Crippen LogP contribution in [0.1, 0.15) is 26.2 Å². The second-order valence-electron chi connectivity index (χ2n) is 4.33. The zero-order chi connectivity index (χ0) is 18.0. The largest absolute Gasteiger partial charge is 0.480 e. The van der Waals surface area contributed by atoms with E-state index in [1.165, 1.54) is 6.92 Å². The van der Waals surface area contributed by atoms with Gasteiger partial charge in [-0.3, -0.25) is 9.59 Å². The van der Waals surface area contributed by atoms with Crippen LogP contribution < -0.4 is 21.9 Å². The van der Waals surface area contributed by atoms with Crippen LogP contribution in [0, 0.1) is 0 Å². The highest BCUT2D eigenvalue weighted by Crippen LogP contribution is 2.17. The van der Waals surface area contributed by atoms with Crippen LogP contribution in [0.2, 0.25) is 0 Å². The smallest absolute Gasteiger partial charge is 0.320 e. The SMILES string of the molecule is CC(=O)Nc1nnc(S(N)(=O)=O)s1.NCCCC[C@H](N)C(=O)O. The summed E-state index contributed by atoms with van der Waals surface area (Å²) < 4.78 is 21.1. The quantitative estimate of drug-likeness (QED) is 0.285. The molecule has 132 valence electrons. The minimum atomic E-state index is -3.82. The number of aromatic nitrogens is 2. The number of primary sulfonamides is 1. The fourth-order valence-electron chi connectivity index (χ4n) is 1.16. The number of anilines is 1. The number of amides is 1. The average molecular weight is 368 g/mol. The molecule has 11 nitrogen and oxygen atoms in total. The normalized spacial score (nSPS) is 12.0. The molecule has 8 N–H and O–H groups in total. The molecule has 0 saturated heterocycles. The predicted octanol–water partition coefficient (Wildman–Crippen LogP) is -1.33. The third-order valence-electron chi connectivity index (χ3n) is 2.22. The molecule has 1 aromatic heterocycles. The summed E-state index contributed by atoms with van der Waals surface area (Å²) in [5.41, 5.74) is 10.4. The van der Waals surface area contributed by atoms with Gasteiger partial charge in [0.25, 0.3) is 10.0 Å². The molecule has 23 heavy (non-hydrogen) atoms. The molecule has 0 unspecified atom stereocenters. The van der Waals surface area contributed by atoms with E-state index in [0.717, 1.165) is 12.8 Å². The monoisotopic (exact) mass is 368 g/mol. The van der Waals surface area contributed by atoms with Gasteiger partial charge >= 0.3 is 5.97 Å². The lowest BCUT2D eigenvalue weighted by atomic mass is 10.1. The van der Waals surface area contributed by atoms with E-state index in [0.29, 0.717) is 24.3 Å². The van der Waals surface area contributed by atoms with Crippen molar-refractivity contribution in [3.8, 4) is 0 Å². The van der Waals surface area contributed by atoms with Crippen molar-refractivity contribution in [2.24, 2.45) is 16.6 Å². The predicted molar refractivity (Wildman–Crippen MR) is 84.1 cm³/mol. The lowest BCUT2D eigenvalue weighted by molar-refractivity contribution is -0.138. The van der Waals surface area contributed by atoms with E-state index in [1.807, 2.05) is 0 Å². The van der Waals surface area contributed by atoms with E-state index >= 15 is 0 Å². The zero-order valence-corrected chi connectivity index (χ0v) is 14.1. The maximum Gasteiger partial charge on any atom is 0.320 e. The zero-order valence-electron chi connectivity index (χ0n) is 12.4. The Hall–Kier alpha value is -1.67. The van der Waals surface area contributed by atoms with Gasteiger partial charge in [-0.05, 0) is 19.4 Å². The van der Waals surface area contributed by atoms with E-state index < -0.39 is 22.0 Å². The summed E-state index contributed by atoms with van der Waals surface area (Å²) in [6.45, 7) is 1.88. The number of carboxylic acids is 1. The fraction of sp³-hybridized carbons (Fsp3) is 0.600. The molecule has 1 aromatic rings. The second-order valence-corrected chi connectivity index (χ2v) is 7.04. The van der Waals surface area contributed by atoms with Gasteiger partial charge in [0.05, 0.1) is 0 Å². The first-order chi connectivity index (χ1) is 10.6. The van der Waals surface area contributed by atoms with Crippen molar-refractivity contribution < 1.29 is 23.1 Å². The van der Waals surface area contributed by atoms with Crippen LogP contribution in [0.4, 0.5) is 5.13 Å². The molecule has 1 heterocycles. The van der Waals surface area contributed by atoms with Gasteiger partial charge in [-0.2, -0.15) is 0 Å². The van der Waals surface area contributed by atoms with Gasteiger partial charge in [0.2, 0.25) is 15.4 Å². The summed E-state index contributed by atoms with van der Waals surface area (Å²) in [7, 11) is -3.82. The highest BCUT2D eigenvalue weighted by molar-refractivity contribution is 7.91. The van der Waals surface area contributed by atoms with Crippen LogP contribution in [0.15, 0.2) is 4.34 Å². The summed E-state index contributed by atoms with van der Waals surface area (Å²) in [5.74, 6) is -1.28. The Kier molecular flexibility index (Phi) is 9.43. The van der Waals surface area contributed by atoms with Crippen molar-refractivity contribution in [1.29, 1.82) is 0 Å². The number of nitrogens with zero attached hydrogens (tertiary/aromatic N) is 2. The standard InChI is InChI=1S/C6H14N2O2.C4H6N4O3S2/c7-4-2-1-3-5(8)6(9)10;1-2(9)6-3-7-8-4(12-3)13(5,10)11/h5H,1-4,7-8H2,(H,9,10);1H3,(H2,5,10,11)(H,6,7,9)/t5-;/m0./s1. The van der Waals surface area contributed by atoms with Gasteiger partial charge in [0.15, 0.2) is 0 Å². The first-order valence-electron chi connectivity index (χ1n) is 6.40. The van der Waals surface area contributed by atoms with Crippen molar-refractivity contribution in [3.05, 3.63) is 0 Å². The molecule has 1 rings (SSSR count). The van der Waals surface area contributed by atoms with Crippen molar-refractivity contribution in [2.45, 2.75) is 36.6 Å². The van der Waals surface area contributed by atoms with Crippen molar-refractivity contribution in [2.75, 3.05) is 11.9 Å². The molecule has 13 heteroatoms. The summed E-state index contributed by atoms with van der Waals surface area (Å²) >= 11 is 0.701. The number of sulfonamides is 1. The highest BCUT2D eigenvalue weighted by atomic mass is 32.2. The molecule has 0 aliphatic carbocycles. The lowest BCUT2D eigenvalue weighted by Gasteiger charge is -2.03. The number of carboxylic acid groups (broad SMARTS) is 1. The molecule has 0 aromatic carbocycles. The fourth-order valence-corrected chi connectivity index (χ4v) is 2.54. The van der Waals surface area contributed by atoms with E-state index in [1.54, 1.807) is 0 Å². The van der Waals surface area contributed by atoms with Crippen molar-refractivity contribution >= 4 is 38.4 Å². The van der Waals surface area contributed by atoms with E-state index in [9.17, 15) is 18.0 Å². The molecular weight excluding hydrogens is 348 g/mol. The Balaban J connectivity index is 0.000000438. The van der Waals surface area contributed by atoms with Crippen LogP contribution in [0.3, 0.4) is 0 Å². The molecule has 0 radical (unpaired) electrons. The van der Waals surface area contributed by atoms with E-state index in [2.05, 4.69) is 15.5 Å². The first kappa shape index (κ1) is 21.3. The molecule has 0 aliphatic heterocycles. The van der Waals surface area contributed by atoms with Gasteiger partial charge in [0, 0.05) is 6.92 Å². The molecule has 0 fully saturated rings. The summed E-state index contributed by atoms with van der Waals surface area (Å²) in [6, 6.07) is -0.716. The Morgan fingerprint density at radius 1 is 1.35 bits per heavy atom. The molecule has 1 atom stereocenters. The number of carbonyl (C=O) groups is 2. The van der Waals surface area contributed by atoms with Crippen LogP contribution >= 0.6 is 11.3 Å². The highest BCUT2D eigenvalue weighted by Gasteiger charge is 2.15. The molecular formula is C10H20N6O5S2. The molecule has 1 amide bonds. The molecule has 0 saturated carbocycles. The number of hydrogen-bond donors (Lipinski definition) is 5. The van der Waals surface area contributed by atoms with Crippen molar-refractivity contribution in [3.63, 3.8) is 0 Å². The second kappa shape index (κ2) is 10.2. The Labute approximate surface area is 137 Å². The number of carbonyl (C=O) groups excluding carboxylic acids is 1. The van der Waals surface area contributed by atoms with Crippen LogP contribution in [0.25, 0.3) is 0 Å². The Morgan fingerprint density at radius 2 is 1.96 bits per heavy atom. The van der Waals surface area contributed by atoms with Gasteiger partial charge in [0.1, 0.15) is 6.04 Å². The topological polar surface area (TPSA) is 204 Å².